The van der Waals surface area contributed by atoms with Gasteiger partial charge in [0.15, 0.2) is 0 Å². The zero-order valence-corrected chi connectivity index (χ0v) is 14.3. The van der Waals surface area contributed by atoms with Gasteiger partial charge in [-0.05, 0) is 71.3 Å². The minimum absolute atomic E-state index is 0.281. The van der Waals surface area contributed by atoms with Crippen molar-refractivity contribution in [2.45, 2.75) is 25.2 Å². The fourth-order valence-electron chi connectivity index (χ4n) is 1.98. The van der Waals surface area contributed by atoms with Gasteiger partial charge >= 0.3 is 0 Å². The van der Waals surface area contributed by atoms with Crippen LogP contribution in [0.3, 0.4) is 0 Å². The molecule has 106 valence electrons. The van der Waals surface area contributed by atoms with Gasteiger partial charge in [-0.25, -0.2) is 8.42 Å². The van der Waals surface area contributed by atoms with Crippen molar-refractivity contribution in [3.8, 4) is 0 Å². The molecule has 2 rings (SSSR count). The second kappa shape index (κ2) is 6.13. The summed E-state index contributed by atoms with van der Waals surface area (Å²) in [6.45, 7) is 3.92. The number of hydrogen-bond donors (Lipinski definition) is 1. The average Bonchev–Trinajstić information content (AvgIpc) is 2.41. The highest BCUT2D eigenvalue weighted by Gasteiger charge is 2.16. The van der Waals surface area contributed by atoms with Gasteiger partial charge in [-0.1, -0.05) is 25.1 Å². The van der Waals surface area contributed by atoms with E-state index in [9.17, 15) is 8.42 Å². The molecule has 3 nitrogen and oxygen atoms in total. The number of rotatable bonds is 4. The van der Waals surface area contributed by atoms with E-state index in [4.69, 9.17) is 0 Å². The summed E-state index contributed by atoms with van der Waals surface area (Å²) in [6, 6.07) is 12.6. The van der Waals surface area contributed by atoms with Gasteiger partial charge in [0.05, 0.1) is 10.6 Å². The van der Waals surface area contributed by atoms with Crippen LogP contribution >= 0.6 is 22.6 Å². The quantitative estimate of drug-likeness (QED) is 0.789. The maximum atomic E-state index is 12.4. The molecule has 1 N–H and O–H groups in total. The van der Waals surface area contributed by atoms with Crippen LogP contribution in [0.4, 0.5) is 5.69 Å². The summed E-state index contributed by atoms with van der Waals surface area (Å²) >= 11 is 2.15. The molecule has 0 amide bonds. The van der Waals surface area contributed by atoms with E-state index in [-0.39, 0.29) is 4.90 Å². The van der Waals surface area contributed by atoms with Crippen molar-refractivity contribution in [3.05, 3.63) is 57.2 Å². The van der Waals surface area contributed by atoms with E-state index in [0.717, 1.165) is 21.1 Å². The van der Waals surface area contributed by atoms with Gasteiger partial charge in [0, 0.05) is 3.57 Å². The number of aryl methyl sites for hydroxylation is 2. The molecule has 0 atom stereocenters. The van der Waals surface area contributed by atoms with Gasteiger partial charge in [-0.15, -0.1) is 0 Å². The first kappa shape index (κ1) is 15.3. The second-order valence-corrected chi connectivity index (χ2v) is 7.45. The van der Waals surface area contributed by atoms with E-state index >= 15 is 0 Å². The first-order valence-corrected chi connectivity index (χ1v) is 8.87. The van der Waals surface area contributed by atoms with Crippen molar-refractivity contribution < 1.29 is 8.42 Å². The van der Waals surface area contributed by atoms with Crippen LogP contribution in [0.15, 0.2) is 47.4 Å². The molecule has 0 aliphatic rings. The molecule has 0 fully saturated rings. The Kier molecular flexibility index (Phi) is 4.70. The SMILES string of the molecule is CCc1cccc(C)c1NS(=O)(=O)c1ccc(I)cc1. The Morgan fingerprint density at radius 2 is 1.75 bits per heavy atom. The van der Waals surface area contributed by atoms with Crippen LogP contribution in [-0.2, 0) is 16.4 Å². The molecular weight excluding hydrogens is 385 g/mol. The third kappa shape index (κ3) is 3.32. The van der Waals surface area contributed by atoms with Gasteiger partial charge < -0.3 is 0 Å². The number of sulfonamides is 1. The first-order valence-electron chi connectivity index (χ1n) is 6.31. The molecular formula is C15H16INO2S. The largest absolute Gasteiger partial charge is 0.279 e. The molecule has 0 heterocycles. The molecule has 0 radical (unpaired) electrons. The van der Waals surface area contributed by atoms with E-state index < -0.39 is 10.0 Å². The van der Waals surface area contributed by atoms with Crippen molar-refractivity contribution >= 4 is 38.3 Å². The molecule has 5 heteroatoms. The fourth-order valence-corrected chi connectivity index (χ4v) is 3.51. The molecule has 0 aromatic heterocycles. The van der Waals surface area contributed by atoms with Gasteiger partial charge in [0.25, 0.3) is 10.0 Å². The Morgan fingerprint density at radius 3 is 2.35 bits per heavy atom. The van der Waals surface area contributed by atoms with Crippen LogP contribution in [0.2, 0.25) is 0 Å². The highest BCUT2D eigenvalue weighted by Crippen LogP contribution is 2.24. The number of nitrogens with one attached hydrogen (secondary N) is 1. The molecule has 0 unspecified atom stereocenters. The highest BCUT2D eigenvalue weighted by atomic mass is 127. The predicted molar refractivity (Wildman–Crippen MR) is 90.5 cm³/mol. The average molecular weight is 401 g/mol. The van der Waals surface area contributed by atoms with Crippen molar-refractivity contribution in [1.82, 2.24) is 0 Å². The number of halogens is 1. The number of benzene rings is 2. The zero-order valence-electron chi connectivity index (χ0n) is 11.4. The van der Waals surface area contributed by atoms with Gasteiger partial charge in [0.2, 0.25) is 0 Å². The Morgan fingerprint density at radius 1 is 1.10 bits per heavy atom. The molecule has 2 aromatic carbocycles. The van der Waals surface area contributed by atoms with E-state index in [1.54, 1.807) is 24.3 Å². The molecule has 0 aliphatic carbocycles. The predicted octanol–water partition coefficient (Wildman–Crippen LogP) is 3.96. The molecule has 0 bridgehead atoms. The van der Waals surface area contributed by atoms with Gasteiger partial charge in [-0.3, -0.25) is 4.72 Å². The van der Waals surface area contributed by atoms with Crippen molar-refractivity contribution in [2.24, 2.45) is 0 Å². The van der Waals surface area contributed by atoms with E-state index in [1.165, 1.54) is 0 Å². The number of para-hydroxylation sites is 1. The zero-order chi connectivity index (χ0) is 14.8. The molecule has 0 saturated carbocycles. The lowest BCUT2D eigenvalue weighted by atomic mass is 10.1. The fraction of sp³-hybridized carbons (Fsp3) is 0.200. The van der Waals surface area contributed by atoms with Crippen molar-refractivity contribution in [1.29, 1.82) is 0 Å². The van der Waals surface area contributed by atoms with Crippen LogP contribution in [0, 0.1) is 10.5 Å². The van der Waals surface area contributed by atoms with Crippen LogP contribution in [-0.4, -0.2) is 8.42 Å². The maximum absolute atomic E-state index is 12.4. The lowest BCUT2D eigenvalue weighted by Gasteiger charge is -2.14. The van der Waals surface area contributed by atoms with Crippen molar-refractivity contribution in [2.75, 3.05) is 4.72 Å². The lowest BCUT2D eigenvalue weighted by molar-refractivity contribution is 0.601. The second-order valence-electron chi connectivity index (χ2n) is 4.52. The Hall–Kier alpha value is -1.08. The van der Waals surface area contributed by atoms with E-state index in [1.807, 2.05) is 32.0 Å². The molecule has 0 saturated heterocycles. The molecule has 20 heavy (non-hydrogen) atoms. The molecule has 0 aliphatic heterocycles. The Labute approximate surface area is 133 Å². The van der Waals surface area contributed by atoms with Crippen molar-refractivity contribution in [3.63, 3.8) is 0 Å². The van der Waals surface area contributed by atoms with Gasteiger partial charge in [0.1, 0.15) is 0 Å². The number of hydrogen-bond acceptors (Lipinski definition) is 2. The minimum Gasteiger partial charge on any atom is -0.279 e. The van der Waals surface area contributed by atoms with E-state index in [0.29, 0.717) is 5.69 Å². The van der Waals surface area contributed by atoms with Crippen LogP contribution in [0.1, 0.15) is 18.1 Å². The molecule has 2 aromatic rings. The standard InChI is InChI=1S/C15H16INO2S/c1-3-12-6-4-5-11(2)15(12)17-20(18,19)14-9-7-13(16)8-10-14/h4-10,17H,3H2,1-2H3. The summed E-state index contributed by atoms with van der Waals surface area (Å²) in [5.74, 6) is 0. The summed E-state index contributed by atoms with van der Waals surface area (Å²) < 4.78 is 28.6. The molecule has 0 spiro atoms. The summed E-state index contributed by atoms with van der Waals surface area (Å²) in [4.78, 5) is 0.281. The third-order valence-electron chi connectivity index (χ3n) is 3.10. The third-order valence-corrected chi connectivity index (χ3v) is 5.19. The number of anilines is 1. The summed E-state index contributed by atoms with van der Waals surface area (Å²) in [5.41, 5.74) is 2.62. The van der Waals surface area contributed by atoms with Crippen LogP contribution in [0.25, 0.3) is 0 Å². The highest BCUT2D eigenvalue weighted by molar-refractivity contribution is 14.1. The summed E-state index contributed by atoms with van der Waals surface area (Å²) in [5, 5.41) is 0. The monoisotopic (exact) mass is 401 g/mol. The van der Waals surface area contributed by atoms with Crippen LogP contribution < -0.4 is 4.72 Å². The summed E-state index contributed by atoms with van der Waals surface area (Å²) in [7, 11) is -3.54. The Balaban J connectivity index is 2.41. The van der Waals surface area contributed by atoms with Crippen LogP contribution in [0.5, 0.6) is 0 Å². The topological polar surface area (TPSA) is 46.2 Å². The minimum atomic E-state index is -3.54. The maximum Gasteiger partial charge on any atom is 0.261 e. The van der Waals surface area contributed by atoms with E-state index in [2.05, 4.69) is 27.3 Å². The van der Waals surface area contributed by atoms with Gasteiger partial charge in [-0.2, -0.15) is 0 Å². The summed E-state index contributed by atoms with van der Waals surface area (Å²) in [6.07, 6.45) is 0.784. The lowest BCUT2D eigenvalue weighted by Crippen LogP contribution is -2.15. The normalized spacial score (nSPS) is 11.3. The Bertz CT molecular complexity index is 709. The first-order chi connectivity index (χ1) is 9.44. The smallest absolute Gasteiger partial charge is 0.261 e.